The third kappa shape index (κ3) is 9.94. The van der Waals surface area contributed by atoms with Crippen LogP contribution < -0.4 is 21.8 Å². The van der Waals surface area contributed by atoms with E-state index in [9.17, 15) is 24.0 Å². The molecule has 0 atom stereocenters. The average Bonchev–Trinajstić information content (AvgIpc) is 2.97. The minimum absolute atomic E-state index is 0.0285. The van der Waals surface area contributed by atoms with E-state index in [1.807, 2.05) is 60.7 Å². The van der Waals surface area contributed by atoms with Gasteiger partial charge >= 0.3 is 12.2 Å². The van der Waals surface area contributed by atoms with E-state index in [0.29, 0.717) is 5.69 Å². The molecule has 0 radical (unpaired) electrons. The first-order chi connectivity index (χ1) is 20.1. The van der Waals surface area contributed by atoms with Gasteiger partial charge in [0.05, 0.1) is 6.54 Å². The van der Waals surface area contributed by atoms with Gasteiger partial charge in [-0.05, 0) is 56.2 Å². The molecular formula is C31H32N4O7. The van der Waals surface area contributed by atoms with Gasteiger partial charge in [0.15, 0.2) is 0 Å². The van der Waals surface area contributed by atoms with E-state index in [1.165, 1.54) is 23.6 Å². The van der Waals surface area contributed by atoms with Crippen LogP contribution in [0.5, 0.6) is 0 Å². The molecule has 4 aromatic rings. The van der Waals surface area contributed by atoms with Gasteiger partial charge in [-0.25, -0.2) is 9.59 Å². The van der Waals surface area contributed by atoms with Gasteiger partial charge in [0.25, 0.3) is 11.1 Å². The molecule has 0 unspecified atom stereocenters. The maximum Gasteiger partial charge on any atom is 0.412 e. The molecule has 3 N–H and O–H groups in total. The summed E-state index contributed by atoms with van der Waals surface area (Å²) in [6.45, 7) is 5.14. The summed E-state index contributed by atoms with van der Waals surface area (Å²) in [6.07, 6.45) is -1.37. The molecule has 0 aliphatic carbocycles. The number of anilines is 2. The molecule has 2 amide bonds. The minimum atomic E-state index is -0.718. The van der Waals surface area contributed by atoms with E-state index in [-0.39, 0.29) is 42.5 Å². The Labute approximate surface area is 242 Å². The van der Waals surface area contributed by atoms with Crippen molar-refractivity contribution < 1.29 is 23.9 Å². The number of H-pyrrole nitrogens is 1. The number of ketones is 1. The lowest BCUT2D eigenvalue weighted by atomic mass is 10.2. The Morgan fingerprint density at radius 1 is 0.714 bits per heavy atom. The van der Waals surface area contributed by atoms with E-state index in [1.54, 1.807) is 26.0 Å². The predicted molar refractivity (Wildman–Crippen MR) is 158 cm³/mol. The molecule has 2 aromatic heterocycles. The molecule has 2 heterocycles. The summed E-state index contributed by atoms with van der Waals surface area (Å²) in [5.41, 5.74) is 2.57. The van der Waals surface area contributed by atoms with E-state index >= 15 is 0 Å². The summed E-state index contributed by atoms with van der Waals surface area (Å²) < 4.78 is 11.4. The predicted octanol–water partition coefficient (Wildman–Crippen LogP) is 4.93. The first-order valence-electron chi connectivity index (χ1n) is 13.0. The molecule has 11 nitrogen and oxygen atoms in total. The van der Waals surface area contributed by atoms with Crippen LogP contribution in [0.4, 0.5) is 21.0 Å². The molecule has 0 aliphatic heterocycles. The highest BCUT2D eigenvalue weighted by Crippen LogP contribution is 2.07. The van der Waals surface area contributed by atoms with Crippen molar-refractivity contribution in [1.82, 2.24) is 9.55 Å². The zero-order valence-corrected chi connectivity index (χ0v) is 23.5. The number of nitrogens with zero attached hydrogens (tertiary/aromatic N) is 1. The number of pyridine rings is 2. The van der Waals surface area contributed by atoms with Crippen molar-refractivity contribution in [3.63, 3.8) is 0 Å². The molecular weight excluding hydrogens is 540 g/mol. The number of carbonyl (C=O) groups excluding carboxylic acids is 3. The Kier molecular flexibility index (Phi) is 11.4. The van der Waals surface area contributed by atoms with Crippen LogP contribution in [0.15, 0.2) is 94.5 Å². The first kappa shape index (κ1) is 31.1. The van der Waals surface area contributed by atoms with Crippen molar-refractivity contribution in [2.45, 2.75) is 40.5 Å². The smallest absolute Gasteiger partial charge is 0.412 e. The molecule has 0 fully saturated rings. The Morgan fingerprint density at radius 3 is 1.71 bits per heavy atom. The number of hydrogen-bond acceptors (Lipinski definition) is 7. The highest BCUT2D eigenvalue weighted by atomic mass is 16.6. The summed E-state index contributed by atoms with van der Waals surface area (Å²) in [7, 11) is 0. The van der Waals surface area contributed by atoms with Crippen molar-refractivity contribution in [2.75, 3.05) is 10.6 Å². The molecule has 2 aromatic carbocycles. The number of amides is 2. The number of rotatable bonds is 8. The number of aromatic amines is 1. The summed E-state index contributed by atoms with van der Waals surface area (Å²) in [5.74, 6) is -0.140. The van der Waals surface area contributed by atoms with Crippen molar-refractivity contribution >= 4 is 29.3 Å². The van der Waals surface area contributed by atoms with Gasteiger partial charge < -0.3 is 19.0 Å². The standard InChI is InChI=1S/C17H18N2O4.C14H14N2O3/c1-12-8-9-15(16(21)19(12)10-13(2)20)18-17(22)23-11-14-6-4-3-5-7-14;1-10-7-8-12(13(17)15-10)16-14(18)19-9-11-5-3-2-4-6-11/h3-9H,10-11H2,1-2H3,(H,18,22);2-8H,9H2,1H3,(H,15,17)(H,16,18). The van der Waals surface area contributed by atoms with Gasteiger partial charge in [-0.2, -0.15) is 0 Å². The van der Waals surface area contributed by atoms with Crippen molar-refractivity contribution in [3.8, 4) is 0 Å². The maximum absolute atomic E-state index is 12.3. The fraction of sp³-hybridized carbons (Fsp3) is 0.194. The molecule has 0 saturated carbocycles. The van der Waals surface area contributed by atoms with Gasteiger partial charge in [-0.1, -0.05) is 60.7 Å². The lowest BCUT2D eigenvalue weighted by Gasteiger charge is -2.11. The van der Waals surface area contributed by atoms with E-state index in [0.717, 1.165) is 16.8 Å². The Bertz CT molecular complexity index is 1630. The molecule has 4 rings (SSSR count). The number of benzene rings is 2. The molecule has 0 bridgehead atoms. The number of carbonyl (C=O) groups is 3. The fourth-order valence-electron chi connectivity index (χ4n) is 3.59. The lowest BCUT2D eigenvalue weighted by Crippen LogP contribution is -2.29. The largest absolute Gasteiger partial charge is 0.444 e. The molecule has 0 aliphatic rings. The lowest BCUT2D eigenvalue weighted by molar-refractivity contribution is -0.117. The monoisotopic (exact) mass is 572 g/mol. The van der Waals surface area contributed by atoms with Gasteiger partial charge in [0.2, 0.25) is 0 Å². The van der Waals surface area contributed by atoms with Crippen LogP contribution in [0.25, 0.3) is 0 Å². The second-order valence-electron chi connectivity index (χ2n) is 9.24. The molecule has 0 saturated heterocycles. The number of nitrogens with one attached hydrogen (secondary N) is 3. The van der Waals surface area contributed by atoms with E-state index < -0.39 is 17.7 Å². The van der Waals surface area contributed by atoms with Crippen LogP contribution in [0, 0.1) is 13.8 Å². The van der Waals surface area contributed by atoms with Crippen LogP contribution in [-0.4, -0.2) is 27.5 Å². The van der Waals surface area contributed by atoms with Crippen molar-refractivity contribution in [3.05, 3.63) is 128 Å². The number of hydrogen-bond donors (Lipinski definition) is 3. The maximum atomic E-state index is 12.3. The number of Topliss-reactive ketones (excluding diaryl/α,β-unsaturated/α-hetero) is 1. The second kappa shape index (κ2) is 15.4. The van der Waals surface area contributed by atoms with Gasteiger partial charge in [0.1, 0.15) is 30.4 Å². The minimum Gasteiger partial charge on any atom is -0.444 e. The molecule has 42 heavy (non-hydrogen) atoms. The zero-order valence-electron chi connectivity index (χ0n) is 23.5. The van der Waals surface area contributed by atoms with Crippen molar-refractivity contribution in [1.29, 1.82) is 0 Å². The van der Waals surface area contributed by atoms with Gasteiger partial charge in [-0.15, -0.1) is 0 Å². The highest BCUT2D eigenvalue weighted by molar-refractivity contribution is 5.85. The SMILES string of the molecule is CC(=O)Cn1c(C)ccc(NC(=O)OCc2ccccc2)c1=O.Cc1ccc(NC(=O)OCc2ccccc2)c(=O)[nH]1. The fourth-order valence-corrected chi connectivity index (χ4v) is 3.59. The Morgan fingerprint density at radius 2 is 1.21 bits per heavy atom. The van der Waals surface area contributed by atoms with Crippen LogP contribution in [0.3, 0.4) is 0 Å². The van der Waals surface area contributed by atoms with Crippen LogP contribution in [0.1, 0.15) is 29.4 Å². The molecule has 11 heteroatoms. The highest BCUT2D eigenvalue weighted by Gasteiger charge is 2.12. The molecule has 218 valence electrons. The molecule has 0 spiro atoms. The van der Waals surface area contributed by atoms with Crippen LogP contribution >= 0.6 is 0 Å². The zero-order chi connectivity index (χ0) is 30.5. The van der Waals surface area contributed by atoms with E-state index in [4.69, 9.17) is 9.47 Å². The average molecular weight is 573 g/mol. The van der Waals surface area contributed by atoms with Crippen molar-refractivity contribution in [2.24, 2.45) is 0 Å². The summed E-state index contributed by atoms with van der Waals surface area (Å²) >= 11 is 0. The summed E-state index contributed by atoms with van der Waals surface area (Å²) in [4.78, 5) is 61.0. The topological polar surface area (TPSA) is 149 Å². The summed E-state index contributed by atoms with van der Waals surface area (Å²) in [6, 6.07) is 24.9. The third-order valence-corrected chi connectivity index (χ3v) is 5.73. The first-order valence-corrected chi connectivity index (χ1v) is 13.0. The summed E-state index contributed by atoms with van der Waals surface area (Å²) in [5, 5.41) is 4.82. The Hall–Kier alpha value is -5.45. The number of aromatic nitrogens is 2. The second-order valence-corrected chi connectivity index (χ2v) is 9.24. The number of ether oxygens (including phenoxy) is 2. The normalized spacial score (nSPS) is 10.1. The van der Waals surface area contributed by atoms with E-state index in [2.05, 4.69) is 15.6 Å². The number of aryl methyl sites for hydroxylation is 2. The van der Waals surface area contributed by atoms with Crippen LogP contribution in [0.2, 0.25) is 0 Å². The third-order valence-electron chi connectivity index (χ3n) is 5.73. The van der Waals surface area contributed by atoms with Gasteiger partial charge in [0, 0.05) is 11.4 Å². The quantitative estimate of drug-likeness (QED) is 0.271. The van der Waals surface area contributed by atoms with Crippen LogP contribution in [-0.2, 0) is 34.0 Å². The van der Waals surface area contributed by atoms with Gasteiger partial charge in [-0.3, -0.25) is 25.0 Å². The Balaban J connectivity index is 0.000000235.